The van der Waals surface area contributed by atoms with Crippen molar-refractivity contribution in [1.82, 2.24) is 0 Å². The third-order valence-corrected chi connectivity index (χ3v) is 7.98. The van der Waals surface area contributed by atoms with E-state index in [9.17, 15) is 0 Å². The Bertz CT molecular complexity index is 1550. The van der Waals surface area contributed by atoms with Gasteiger partial charge in [0.25, 0.3) is 0 Å². The van der Waals surface area contributed by atoms with Crippen LogP contribution in [0.3, 0.4) is 0 Å². The second-order valence-corrected chi connectivity index (χ2v) is 11.1. The largest absolute Gasteiger partial charge is 0.453 e. The summed E-state index contributed by atoms with van der Waals surface area (Å²) < 4.78 is 6.43. The Labute approximate surface area is 233 Å². The second-order valence-electron chi connectivity index (χ2n) is 11.1. The predicted molar refractivity (Wildman–Crippen MR) is 165 cm³/mol. The molecule has 0 amide bonds. The molecule has 6 rings (SSSR count). The van der Waals surface area contributed by atoms with Gasteiger partial charge in [0.05, 0.1) is 11.4 Å². The zero-order valence-corrected chi connectivity index (χ0v) is 23.7. The predicted octanol–water partition coefficient (Wildman–Crippen LogP) is 10.1. The van der Waals surface area contributed by atoms with Gasteiger partial charge in [0.15, 0.2) is 5.75 Å². The summed E-state index contributed by atoms with van der Waals surface area (Å²) in [6, 6.07) is 29.5. The van der Waals surface area contributed by atoms with Gasteiger partial charge in [0.2, 0.25) is 0 Å². The Hall–Kier alpha value is -4.04. The van der Waals surface area contributed by atoms with E-state index < -0.39 is 0 Å². The highest BCUT2D eigenvalue weighted by Gasteiger charge is 2.32. The van der Waals surface area contributed by atoms with E-state index in [0.29, 0.717) is 5.92 Å². The van der Waals surface area contributed by atoms with E-state index in [1.165, 1.54) is 55.9 Å². The minimum Gasteiger partial charge on any atom is -0.453 e. The molecule has 4 aromatic rings. The van der Waals surface area contributed by atoms with Crippen LogP contribution in [0.15, 0.2) is 102 Å². The van der Waals surface area contributed by atoms with Crippen LogP contribution in [0.5, 0.6) is 5.75 Å². The molecule has 0 fully saturated rings. The number of allylic oxidation sites excluding steroid dienone is 3. The first-order valence-corrected chi connectivity index (χ1v) is 14.3. The highest BCUT2D eigenvalue weighted by molar-refractivity contribution is 5.85. The van der Waals surface area contributed by atoms with E-state index in [4.69, 9.17) is 4.74 Å². The molecule has 0 bridgehead atoms. The smallest absolute Gasteiger partial charge is 0.151 e. The number of aryl methyl sites for hydroxylation is 4. The van der Waals surface area contributed by atoms with Crippen molar-refractivity contribution in [3.8, 4) is 28.0 Å². The maximum Gasteiger partial charge on any atom is 0.151 e. The summed E-state index contributed by atoms with van der Waals surface area (Å²) in [5.41, 5.74) is 13.9. The van der Waals surface area contributed by atoms with Gasteiger partial charge in [-0.2, -0.15) is 0 Å². The Morgan fingerprint density at radius 3 is 1.95 bits per heavy atom. The van der Waals surface area contributed by atoms with E-state index in [1.807, 2.05) is 0 Å². The fraction of sp³-hybridized carbons (Fsp3) is 0.243. The van der Waals surface area contributed by atoms with Gasteiger partial charge in [0, 0.05) is 11.6 Å². The average Bonchev–Trinajstić information content (AvgIpc) is 2.95. The van der Waals surface area contributed by atoms with Crippen molar-refractivity contribution < 1.29 is 4.74 Å². The zero-order chi connectivity index (χ0) is 27.1. The highest BCUT2D eigenvalue weighted by Crippen LogP contribution is 2.48. The molecule has 2 nitrogen and oxygen atoms in total. The van der Waals surface area contributed by atoms with Gasteiger partial charge in [-0.3, -0.25) is 0 Å². The van der Waals surface area contributed by atoms with Crippen molar-refractivity contribution in [1.29, 1.82) is 0 Å². The number of rotatable bonds is 5. The fourth-order valence-corrected chi connectivity index (χ4v) is 6.03. The minimum absolute atomic E-state index is 0.349. The SMILES string of the molecule is CCc1cc(C)cc(-c2cc(-c3cc(C)cc(CC)c3)cc(N3C4=C(C=CCC4C)Oc4ccccc43)c2)c1. The quantitative estimate of drug-likeness (QED) is 0.264. The van der Waals surface area contributed by atoms with E-state index in [2.05, 4.69) is 131 Å². The first kappa shape index (κ1) is 25.2. The molecule has 2 aliphatic rings. The first-order valence-electron chi connectivity index (χ1n) is 14.3. The van der Waals surface area contributed by atoms with E-state index >= 15 is 0 Å². The van der Waals surface area contributed by atoms with Crippen LogP contribution in [0, 0.1) is 19.8 Å². The molecular weight excluding hydrogens is 474 g/mol. The van der Waals surface area contributed by atoms with Crippen molar-refractivity contribution in [2.24, 2.45) is 5.92 Å². The third kappa shape index (κ3) is 4.81. The monoisotopic (exact) mass is 511 g/mol. The molecular formula is C37H37NO. The molecule has 0 radical (unpaired) electrons. The number of para-hydroxylation sites is 2. The van der Waals surface area contributed by atoms with Crippen LogP contribution in [0.1, 0.15) is 49.4 Å². The number of ether oxygens (including phenoxy) is 1. The van der Waals surface area contributed by atoms with Crippen molar-refractivity contribution in [3.05, 3.63) is 125 Å². The van der Waals surface area contributed by atoms with Crippen molar-refractivity contribution in [3.63, 3.8) is 0 Å². The molecule has 0 spiro atoms. The topological polar surface area (TPSA) is 12.5 Å². The average molecular weight is 512 g/mol. The summed E-state index contributed by atoms with van der Waals surface area (Å²) in [4.78, 5) is 2.45. The van der Waals surface area contributed by atoms with E-state index in [0.717, 1.165) is 36.5 Å². The Morgan fingerprint density at radius 2 is 1.33 bits per heavy atom. The van der Waals surface area contributed by atoms with Gasteiger partial charge in [-0.25, -0.2) is 0 Å². The van der Waals surface area contributed by atoms with Gasteiger partial charge < -0.3 is 9.64 Å². The van der Waals surface area contributed by atoms with Crippen LogP contribution in [0.2, 0.25) is 0 Å². The van der Waals surface area contributed by atoms with E-state index in [1.54, 1.807) is 0 Å². The van der Waals surface area contributed by atoms with E-state index in [-0.39, 0.29) is 0 Å². The summed E-state index contributed by atoms with van der Waals surface area (Å²) >= 11 is 0. The molecule has 4 aromatic carbocycles. The van der Waals surface area contributed by atoms with Crippen molar-refractivity contribution in [2.45, 2.75) is 53.9 Å². The molecule has 0 saturated carbocycles. The van der Waals surface area contributed by atoms with Crippen LogP contribution in [-0.2, 0) is 12.8 Å². The molecule has 2 heteroatoms. The molecule has 196 valence electrons. The Kier molecular flexibility index (Phi) is 6.64. The van der Waals surface area contributed by atoms with Gasteiger partial charge >= 0.3 is 0 Å². The van der Waals surface area contributed by atoms with Crippen LogP contribution < -0.4 is 9.64 Å². The molecule has 1 aliphatic carbocycles. The minimum atomic E-state index is 0.349. The molecule has 1 unspecified atom stereocenters. The van der Waals surface area contributed by atoms with Gasteiger partial charge in [-0.15, -0.1) is 0 Å². The summed E-state index contributed by atoms with van der Waals surface area (Å²) in [6.45, 7) is 11.2. The van der Waals surface area contributed by atoms with Crippen LogP contribution in [0.25, 0.3) is 22.3 Å². The molecule has 39 heavy (non-hydrogen) atoms. The molecule has 1 atom stereocenters. The summed E-state index contributed by atoms with van der Waals surface area (Å²) in [7, 11) is 0. The lowest BCUT2D eigenvalue weighted by atomic mass is 9.91. The Balaban J connectivity index is 1.62. The maximum absolute atomic E-state index is 6.43. The second kappa shape index (κ2) is 10.3. The number of anilines is 2. The zero-order valence-electron chi connectivity index (χ0n) is 23.7. The lowest BCUT2D eigenvalue weighted by molar-refractivity contribution is 0.408. The molecule has 1 heterocycles. The van der Waals surface area contributed by atoms with Gasteiger partial charge in [-0.1, -0.05) is 86.5 Å². The lowest BCUT2D eigenvalue weighted by Crippen LogP contribution is -2.29. The van der Waals surface area contributed by atoms with Crippen molar-refractivity contribution in [2.75, 3.05) is 4.90 Å². The highest BCUT2D eigenvalue weighted by atomic mass is 16.5. The summed E-state index contributed by atoms with van der Waals surface area (Å²) in [6.07, 6.45) is 7.43. The molecule has 0 saturated heterocycles. The number of nitrogens with zero attached hydrogens (tertiary/aromatic N) is 1. The third-order valence-electron chi connectivity index (χ3n) is 7.98. The van der Waals surface area contributed by atoms with Crippen LogP contribution >= 0.6 is 0 Å². The van der Waals surface area contributed by atoms with Crippen LogP contribution in [-0.4, -0.2) is 0 Å². The maximum atomic E-state index is 6.43. The number of fused-ring (bicyclic) bond motifs is 1. The summed E-state index contributed by atoms with van der Waals surface area (Å²) in [5, 5.41) is 0. The molecule has 0 N–H and O–H groups in total. The summed E-state index contributed by atoms with van der Waals surface area (Å²) in [5.74, 6) is 2.20. The number of hydrogen-bond acceptors (Lipinski definition) is 2. The first-order chi connectivity index (χ1) is 18.9. The molecule has 1 aliphatic heterocycles. The van der Waals surface area contributed by atoms with Gasteiger partial charge in [-0.05, 0) is 103 Å². The van der Waals surface area contributed by atoms with Crippen LogP contribution in [0.4, 0.5) is 11.4 Å². The lowest BCUT2D eigenvalue weighted by Gasteiger charge is -2.38. The fourth-order valence-electron chi connectivity index (χ4n) is 6.03. The number of hydrogen-bond donors (Lipinski definition) is 0. The standard InChI is InChI=1S/C37H37NO/c1-6-27-15-24(3)17-29(19-27)31-21-32(30-18-25(4)16-28(7-2)20-30)23-33(22-31)38-34-12-8-9-13-35(34)39-36-14-10-11-26(5)37(36)38/h8-10,12-23,26H,6-7,11H2,1-5H3. The number of benzene rings is 4. The van der Waals surface area contributed by atoms with Gasteiger partial charge in [0.1, 0.15) is 5.76 Å². The normalized spacial score (nSPS) is 16.1. The van der Waals surface area contributed by atoms with Crippen molar-refractivity contribution >= 4 is 11.4 Å². The molecule has 0 aromatic heterocycles. The Morgan fingerprint density at radius 1 is 0.744 bits per heavy atom.